The van der Waals surface area contributed by atoms with Gasteiger partial charge in [-0.05, 0) is 42.1 Å². The van der Waals surface area contributed by atoms with Crippen molar-refractivity contribution in [2.75, 3.05) is 10.6 Å². The first kappa shape index (κ1) is 18.7. The van der Waals surface area contributed by atoms with Crippen LogP contribution in [0.2, 0.25) is 10.0 Å². The Kier molecular flexibility index (Phi) is 4.86. The third-order valence-corrected chi connectivity index (χ3v) is 7.24. The molecule has 6 heteroatoms. The zero-order valence-electron chi connectivity index (χ0n) is 15.4. The van der Waals surface area contributed by atoms with E-state index in [4.69, 9.17) is 23.2 Å². The molecule has 0 bridgehead atoms. The van der Waals surface area contributed by atoms with Crippen molar-refractivity contribution in [2.24, 2.45) is 0 Å². The Hall–Kier alpha value is -2.27. The molecule has 0 amide bonds. The second-order valence-electron chi connectivity index (χ2n) is 7.32. The lowest BCUT2D eigenvalue weighted by molar-refractivity contribution is -0.116. The third-order valence-electron chi connectivity index (χ3n) is 5.54. The molecular formula is C23H18Cl2N2OS. The fourth-order valence-electron chi connectivity index (χ4n) is 4.22. The number of hydrogen-bond acceptors (Lipinski definition) is 4. The molecule has 2 aliphatic rings. The Morgan fingerprint density at radius 2 is 1.66 bits per heavy atom. The molecule has 1 aliphatic heterocycles. The lowest BCUT2D eigenvalue weighted by Crippen LogP contribution is -2.27. The zero-order valence-corrected chi connectivity index (χ0v) is 17.7. The Morgan fingerprint density at radius 3 is 2.38 bits per heavy atom. The van der Waals surface area contributed by atoms with Gasteiger partial charge in [0.15, 0.2) is 5.78 Å². The lowest BCUT2D eigenvalue weighted by Gasteiger charge is -2.30. The van der Waals surface area contributed by atoms with Gasteiger partial charge in [-0.3, -0.25) is 4.79 Å². The summed E-state index contributed by atoms with van der Waals surface area (Å²) in [4.78, 5) is 14.7. The zero-order chi connectivity index (χ0) is 20.0. The number of fused-ring (bicyclic) bond motifs is 1. The van der Waals surface area contributed by atoms with Crippen molar-refractivity contribution in [1.29, 1.82) is 0 Å². The second kappa shape index (κ2) is 7.52. The molecule has 2 N–H and O–H groups in total. The first-order valence-electron chi connectivity index (χ1n) is 9.48. The highest BCUT2D eigenvalue weighted by Crippen LogP contribution is 2.47. The number of Topliss-reactive ketones (excluding diaryl/α,β-unsaturated/α-hetero) is 1. The number of thiophene rings is 1. The monoisotopic (exact) mass is 440 g/mol. The van der Waals surface area contributed by atoms with Crippen molar-refractivity contribution >= 4 is 51.7 Å². The van der Waals surface area contributed by atoms with Gasteiger partial charge in [0.05, 0.1) is 17.4 Å². The summed E-state index contributed by atoms with van der Waals surface area (Å²) in [5, 5.41) is 10.2. The van der Waals surface area contributed by atoms with Crippen molar-refractivity contribution < 1.29 is 4.79 Å². The number of anilines is 2. The highest BCUT2D eigenvalue weighted by Gasteiger charge is 2.37. The van der Waals surface area contributed by atoms with E-state index in [0.29, 0.717) is 16.5 Å². The molecule has 2 atom stereocenters. The SMILES string of the molecule is O=C1CC(c2cccs2)CC2=C1C(c1c(Cl)cccc1Cl)Nc1ccccc1N2. The molecule has 0 saturated heterocycles. The predicted octanol–water partition coefficient (Wildman–Crippen LogP) is 7.03. The van der Waals surface area contributed by atoms with Crippen molar-refractivity contribution in [3.05, 3.63) is 91.7 Å². The largest absolute Gasteiger partial charge is 0.372 e. The van der Waals surface area contributed by atoms with E-state index in [2.05, 4.69) is 22.1 Å². The van der Waals surface area contributed by atoms with Crippen LogP contribution in [0.25, 0.3) is 0 Å². The highest BCUT2D eigenvalue weighted by molar-refractivity contribution is 7.10. The molecule has 1 aromatic heterocycles. The van der Waals surface area contributed by atoms with Gasteiger partial charge in [0.2, 0.25) is 0 Å². The maximum Gasteiger partial charge on any atom is 0.163 e. The van der Waals surface area contributed by atoms with Gasteiger partial charge in [-0.25, -0.2) is 0 Å². The molecule has 0 radical (unpaired) electrons. The number of hydrogen-bond donors (Lipinski definition) is 2. The lowest BCUT2D eigenvalue weighted by atomic mass is 9.81. The fourth-order valence-corrected chi connectivity index (χ4v) is 5.67. The molecule has 146 valence electrons. The van der Waals surface area contributed by atoms with Gasteiger partial charge >= 0.3 is 0 Å². The van der Waals surface area contributed by atoms with Crippen LogP contribution in [0.4, 0.5) is 11.4 Å². The maximum absolute atomic E-state index is 13.4. The van der Waals surface area contributed by atoms with E-state index in [1.165, 1.54) is 4.88 Å². The minimum Gasteiger partial charge on any atom is -0.372 e. The molecule has 3 aromatic rings. The molecule has 2 aromatic carbocycles. The Bertz CT molecular complexity index is 1100. The predicted molar refractivity (Wildman–Crippen MR) is 121 cm³/mol. The van der Waals surface area contributed by atoms with Crippen LogP contribution in [0.5, 0.6) is 0 Å². The number of halogens is 2. The van der Waals surface area contributed by atoms with E-state index >= 15 is 0 Å². The van der Waals surface area contributed by atoms with Gasteiger partial charge in [-0.15, -0.1) is 11.3 Å². The number of nitrogens with one attached hydrogen (secondary N) is 2. The number of allylic oxidation sites excluding steroid dienone is 1. The van der Waals surface area contributed by atoms with Crippen LogP contribution in [0.15, 0.2) is 71.2 Å². The minimum absolute atomic E-state index is 0.124. The maximum atomic E-state index is 13.4. The summed E-state index contributed by atoms with van der Waals surface area (Å²) in [6.45, 7) is 0. The van der Waals surface area contributed by atoms with E-state index < -0.39 is 6.04 Å². The van der Waals surface area contributed by atoms with Crippen LogP contribution in [0.1, 0.15) is 35.2 Å². The van der Waals surface area contributed by atoms with E-state index in [-0.39, 0.29) is 11.7 Å². The molecule has 0 spiro atoms. The first-order chi connectivity index (χ1) is 14.1. The van der Waals surface area contributed by atoms with E-state index in [1.807, 2.05) is 48.5 Å². The molecule has 0 saturated carbocycles. The van der Waals surface area contributed by atoms with E-state index in [0.717, 1.165) is 34.6 Å². The quantitative estimate of drug-likeness (QED) is 0.448. The molecule has 1 aliphatic carbocycles. The number of carbonyl (C=O) groups is 1. The fraction of sp³-hybridized carbons (Fsp3) is 0.174. The van der Waals surface area contributed by atoms with Crippen molar-refractivity contribution in [3.63, 3.8) is 0 Å². The Labute approximate surface area is 183 Å². The van der Waals surface area contributed by atoms with E-state index in [9.17, 15) is 4.79 Å². The van der Waals surface area contributed by atoms with Crippen LogP contribution in [-0.4, -0.2) is 5.78 Å². The van der Waals surface area contributed by atoms with Gasteiger partial charge in [0.25, 0.3) is 0 Å². The van der Waals surface area contributed by atoms with E-state index in [1.54, 1.807) is 11.3 Å². The Morgan fingerprint density at radius 1 is 0.897 bits per heavy atom. The number of para-hydroxylation sites is 2. The van der Waals surface area contributed by atoms with Gasteiger partial charge in [-0.1, -0.05) is 47.5 Å². The van der Waals surface area contributed by atoms with Gasteiger partial charge in [0, 0.05) is 44.1 Å². The van der Waals surface area contributed by atoms with Crippen molar-refractivity contribution in [3.8, 4) is 0 Å². The van der Waals surface area contributed by atoms with Crippen LogP contribution in [0, 0.1) is 0 Å². The van der Waals surface area contributed by atoms with Crippen molar-refractivity contribution in [1.82, 2.24) is 0 Å². The second-order valence-corrected chi connectivity index (χ2v) is 9.11. The van der Waals surface area contributed by atoms with Crippen LogP contribution >= 0.6 is 34.5 Å². The first-order valence-corrected chi connectivity index (χ1v) is 11.1. The summed E-state index contributed by atoms with van der Waals surface area (Å²) >= 11 is 14.8. The smallest absolute Gasteiger partial charge is 0.163 e. The van der Waals surface area contributed by atoms with Crippen LogP contribution in [0.3, 0.4) is 0 Å². The number of benzene rings is 2. The molecule has 2 unspecified atom stereocenters. The summed E-state index contributed by atoms with van der Waals surface area (Å²) in [6.07, 6.45) is 1.26. The average molecular weight is 441 g/mol. The summed E-state index contributed by atoms with van der Waals surface area (Å²) in [5.41, 5.74) is 4.28. The summed E-state index contributed by atoms with van der Waals surface area (Å²) < 4.78 is 0. The standard InChI is InChI=1S/C23H18Cl2N2OS/c24-14-5-3-6-15(25)21(14)23-22-18(26-16-7-1-2-8-17(16)27-23)11-13(12-19(22)28)20-9-4-10-29-20/h1-10,13,23,26-27H,11-12H2. The number of carbonyl (C=O) groups excluding carboxylic acids is 1. The van der Waals surface area contributed by atoms with Gasteiger partial charge in [-0.2, -0.15) is 0 Å². The minimum atomic E-state index is -0.404. The number of rotatable bonds is 2. The number of ketones is 1. The normalized spacial score (nSPS) is 21.0. The Balaban J connectivity index is 1.67. The van der Waals surface area contributed by atoms with Gasteiger partial charge in [0.1, 0.15) is 0 Å². The molecule has 5 rings (SSSR count). The third kappa shape index (κ3) is 3.35. The highest BCUT2D eigenvalue weighted by atomic mass is 35.5. The molecule has 0 fully saturated rings. The summed E-state index contributed by atoms with van der Waals surface area (Å²) in [7, 11) is 0. The topological polar surface area (TPSA) is 41.1 Å². The molecule has 3 nitrogen and oxygen atoms in total. The van der Waals surface area contributed by atoms with Crippen LogP contribution in [-0.2, 0) is 4.79 Å². The summed E-state index contributed by atoms with van der Waals surface area (Å²) in [6, 6.07) is 17.2. The molecule has 29 heavy (non-hydrogen) atoms. The van der Waals surface area contributed by atoms with Gasteiger partial charge < -0.3 is 10.6 Å². The van der Waals surface area contributed by atoms with Crippen LogP contribution < -0.4 is 10.6 Å². The molecule has 2 heterocycles. The summed E-state index contributed by atoms with van der Waals surface area (Å²) in [5.74, 6) is 0.305. The molecular weight excluding hydrogens is 423 g/mol. The average Bonchev–Trinajstić information content (AvgIpc) is 3.18. The van der Waals surface area contributed by atoms with Crippen molar-refractivity contribution in [2.45, 2.75) is 24.8 Å².